The van der Waals surface area contributed by atoms with E-state index in [1.165, 1.54) is 0 Å². The van der Waals surface area contributed by atoms with Crippen LogP contribution in [0.2, 0.25) is 0 Å². The van der Waals surface area contributed by atoms with E-state index in [1.54, 1.807) is 14.0 Å². The van der Waals surface area contributed by atoms with Crippen LogP contribution in [0.15, 0.2) is 24.3 Å². The lowest BCUT2D eigenvalue weighted by Gasteiger charge is -2.12. The van der Waals surface area contributed by atoms with E-state index in [2.05, 4.69) is 10.6 Å². The van der Waals surface area contributed by atoms with Gasteiger partial charge in [-0.05, 0) is 24.1 Å². The van der Waals surface area contributed by atoms with Crippen molar-refractivity contribution in [2.45, 2.75) is 26.0 Å². The minimum Gasteiger partial charge on any atom is -0.480 e. The number of halogens is 1. The van der Waals surface area contributed by atoms with Gasteiger partial charge < -0.3 is 20.5 Å². The lowest BCUT2D eigenvalue weighted by Crippen LogP contribution is -2.40. The van der Waals surface area contributed by atoms with Crippen LogP contribution in [0.4, 0.5) is 10.5 Å². The summed E-state index contributed by atoms with van der Waals surface area (Å²) in [4.78, 5) is 22.2. The molecule has 1 amide bonds. The maximum absolute atomic E-state index is 11.4. The van der Waals surface area contributed by atoms with E-state index in [0.717, 1.165) is 11.3 Å². The Morgan fingerprint density at radius 1 is 1.40 bits per heavy atom. The molecular formula is C13H19ClN2O4. The average molecular weight is 303 g/mol. The first-order valence-corrected chi connectivity index (χ1v) is 5.99. The highest BCUT2D eigenvalue weighted by Gasteiger charge is 2.18. The molecule has 0 aliphatic heterocycles. The first kappa shape index (κ1) is 18.0. The minimum atomic E-state index is -1.07. The molecule has 0 saturated heterocycles. The van der Waals surface area contributed by atoms with Crippen molar-refractivity contribution in [3.63, 3.8) is 0 Å². The van der Waals surface area contributed by atoms with Crippen LogP contribution in [0.1, 0.15) is 18.9 Å². The maximum Gasteiger partial charge on any atom is 0.408 e. The number of aliphatic carboxylic acids is 1. The summed E-state index contributed by atoms with van der Waals surface area (Å²) >= 11 is 0. The number of nitrogens with one attached hydrogen (secondary N) is 2. The molecule has 1 atom stereocenters. The second kappa shape index (κ2) is 9.03. The van der Waals surface area contributed by atoms with Crippen molar-refractivity contribution >= 4 is 30.2 Å². The van der Waals surface area contributed by atoms with Crippen LogP contribution in [-0.2, 0) is 16.1 Å². The summed E-state index contributed by atoms with van der Waals surface area (Å²) in [5.74, 6) is -1.07. The number of hydrogen-bond acceptors (Lipinski definition) is 4. The van der Waals surface area contributed by atoms with E-state index in [0.29, 0.717) is 6.42 Å². The second-order valence-corrected chi connectivity index (χ2v) is 3.97. The highest BCUT2D eigenvalue weighted by Crippen LogP contribution is 2.10. The number of alkyl carbamates (subject to hydrolysis) is 1. The molecule has 0 saturated carbocycles. The van der Waals surface area contributed by atoms with Gasteiger partial charge in [-0.3, -0.25) is 0 Å². The second-order valence-electron chi connectivity index (χ2n) is 3.97. The van der Waals surface area contributed by atoms with E-state index < -0.39 is 18.1 Å². The SMILES string of the molecule is CCC(NC(=O)OCc1cccc(NC)c1)C(=O)O.Cl. The summed E-state index contributed by atoms with van der Waals surface area (Å²) in [6.07, 6.45) is -0.427. The monoisotopic (exact) mass is 302 g/mol. The van der Waals surface area contributed by atoms with Gasteiger partial charge in [-0.25, -0.2) is 9.59 Å². The summed E-state index contributed by atoms with van der Waals surface area (Å²) < 4.78 is 4.97. The van der Waals surface area contributed by atoms with Crippen molar-refractivity contribution < 1.29 is 19.4 Å². The van der Waals surface area contributed by atoms with Crippen LogP contribution < -0.4 is 10.6 Å². The number of rotatable bonds is 6. The van der Waals surface area contributed by atoms with E-state index in [1.807, 2.05) is 24.3 Å². The molecule has 1 aromatic rings. The zero-order valence-corrected chi connectivity index (χ0v) is 12.2. The number of carboxylic acid groups (broad SMARTS) is 1. The molecule has 0 heterocycles. The summed E-state index contributed by atoms with van der Waals surface area (Å²) in [6, 6.07) is 6.48. The molecule has 0 aliphatic carbocycles. The van der Waals surface area contributed by atoms with Crippen molar-refractivity contribution in [1.82, 2.24) is 5.32 Å². The molecule has 1 unspecified atom stereocenters. The summed E-state index contributed by atoms with van der Waals surface area (Å²) in [7, 11) is 1.80. The molecular weight excluding hydrogens is 284 g/mol. The molecule has 1 rings (SSSR count). The highest BCUT2D eigenvalue weighted by atomic mass is 35.5. The standard InChI is InChI=1S/C13H18N2O4.ClH/c1-3-11(12(16)17)15-13(18)19-8-9-5-4-6-10(7-9)14-2;/h4-7,11,14H,3,8H2,1-2H3,(H,15,18)(H,16,17);1H. The van der Waals surface area contributed by atoms with Gasteiger partial charge in [0, 0.05) is 12.7 Å². The molecule has 0 radical (unpaired) electrons. The van der Waals surface area contributed by atoms with Crippen molar-refractivity contribution in [3.05, 3.63) is 29.8 Å². The van der Waals surface area contributed by atoms with E-state index in [4.69, 9.17) is 9.84 Å². The van der Waals surface area contributed by atoms with Crippen LogP contribution in [0, 0.1) is 0 Å². The number of hydrogen-bond donors (Lipinski definition) is 3. The zero-order valence-electron chi connectivity index (χ0n) is 11.4. The van der Waals surface area contributed by atoms with Crippen molar-refractivity contribution in [2.24, 2.45) is 0 Å². The Bertz CT molecular complexity index is 454. The Balaban J connectivity index is 0.00000361. The molecule has 3 N–H and O–H groups in total. The molecule has 0 aromatic heterocycles. The number of anilines is 1. The lowest BCUT2D eigenvalue weighted by molar-refractivity contribution is -0.139. The highest BCUT2D eigenvalue weighted by molar-refractivity contribution is 5.85. The Morgan fingerprint density at radius 3 is 2.65 bits per heavy atom. The number of carbonyl (C=O) groups is 2. The van der Waals surface area contributed by atoms with Gasteiger partial charge >= 0.3 is 12.1 Å². The molecule has 6 nitrogen and oxygen atoms in total. The smallest absolute Gasteiger partial charge is 0.408 e. The van der Waals surface area contributed by atoms with Gasteiger partial charge in [0.25, 0.3) is 0 Å². The van der Waals surface area contributed by atoms with Crippen LogP contribution in [-0.4, -0.2) is 30.3 Å². The van der Waals surface area contributed by atoms with Crippen LogP contribution in [0.5, 0.6) is 0 Å². The fourth-order valence-electron chi connectivity index (χ4n) is 1.49. The molecule has 7 heteroatoms. The molecule has 20 heavy (non-hydrogen) atoms. The predicted octanol–water partition coefficient (Wildman–Crippen LogP) is 2.24. The van der Waals surface area contributed by atoms with E-state index >= 15 is 0 Å². The van der Waals surface area contributed by atoms with Gasteiger partial charge in [0.1, 0.15) is 12.6 Å². The Morgan fingerprint density at radius 2 is 2.10 bits per heavy atom. The molecule has 0 aliphatic rings. The number of amides is 1. The van der Waals surface area contributed by atoms with Crippen LogP contribution in [0.25, 0.3) is 0 Å². The van der Waals surface area contributed by atoms with Crippen LogP contribution in [0.3, 0.4) is 0 Å². The third kappa shape index (κ3) is 5.79. The summed E-state index contributed by atoms with van der Waals surface area (Å²) in [6.45, 7) is 1.77. The largest absolute Gasteiger partial charge is 0.480 e. The minimum absolute atomic E-state index is 0. The molecule has 0 spiro atoms. The third-order valence-electron chi connectivity index (χ3n) is 2.58. The molecule has 1 aromatic carbocycles. The van der Waals surface area contributed by atoms with Gasteiger partial charge in [0.15, 0.2) is 0 Å². The molecule has 112 valence electrons. The Hall–Kier alpha value is -1.95. The topological polar surface area (TPSA) is 87.7 Å². The molecule has 0 bridgehead atoms. The average Bonchev–Trinajstić information content (AvgIpc) is 2.42. The van der Waals surface area contributed by atoms with Crippen molar-refractivity contribution in [2.75, 3.05) is 12.4 Å². The van der Waals surface area contributed by atoms with Gasteiger partial charge in [-0.2, -0.15) is 0 Å². The quantitative estimate of drug-likeness (QED) is 0.750. The van der Waals surface area contributed by atoms with E-state index in [9.17, 15) is 9.59 Å². The number of ether oxygens (including phenoxy) is 1. The predicted molar refractivity (Wildman–Crippen MR) is 78.3 cm³/mol. The normalized spacial score (nSPS) is 10.9. The third-order valence-corrected chi connectivity index (χ3v) is 2.58. The van der Waals surface area contributed by atoms with E-state index in [-0.39, 0.29) is 19.0 Å². The molecule has 0 fully saturated rings. The van der Waals surface area contributed by atoms with Crippen LogP contribution >= 0.6 is 12.4 Å². The van der Waals surface area contributed by atoms with Gasteiger partial charge in [0.05, 0.1) is 0 Å². The Labute approximate surface area is 123 Å². The summed E-state index contributed by atoms with van der Waals surface area (Å²) in [5.41, 5.74) is 1.74. The van der Waals surface area contributed by atoms with Crippen molar-refractivity contribution in [1.29, 1.82) is 0 Å². The van der Waals surface area contributed by atoms with Crippen molar-refractivity contribution in [3.8, 4) is 0 Å². The van der Waals surface area contributed by atoms with Gasteiger partial charge in [-0.15, -0.1) is 12.4 Å². The number of carboxylic acids is 1. The van der Waals surface area contributed by atoms with Gasteiger partial charge in [0.2, 0.25) is 0 Å². The fraction of sp³-hybridized carbons (Fsp3) is 0.385. The lowest BCUT2D eigenvalue weighted by atomic mass is 10.2. The first-order valence-electron chi connectivity index (χ1n) is 5.99. The number of carbonyl (C=O) groups excluding carboxylic acids is 1. The summed E-state index contributed by atoms with van der Waals surface area (Å²) in [5, 5.41) is 14.1. The Kier molecular flexibility index (Phi) is 8.15. The zero-order chi connectivity index (χ0) is 14.3. The number of benzene rings is 1. The fourth-order valence-corrected chi connectivity index (χ4v) is 1.49. The first-order chi connectivity index (χ1) is 9.06. The maximum atomic E-state index is 11.4. The van der Waals surface area contributed by atoms with Gasteiger partial charge in [-0.1, -0.05) is 19.1 Å².